The van der Waals surface area contributed by atoms with E-state index in [-0.39, 0.29) is 5.91 Å². The van der Waals surface area contributed by atoms with E-state index < -0.39 is 0 Å². The van der Waals surface area contributed by atoms with E-state index in [4.69, 9.17) is 4.42 Å². The molecule has 2 aromatic heterocycles. The van der Waals surface area contributed by atoms with Crippen molar-refractivity contribution in [1.29, 1.82) is 0 Å². The summed E-state index contributed by atoms with van der Waals surface area (Å²) in [5, 5.41) is 12.9. The van der Waals surface area contributed by atoms with Crippen LogP contribution in [0.2, 0.25) is 0 Å². The van der Waals surface area contributed by atoms with Crippen LogP contribution in [0.25, 0.3) is 27.7 Å². The summed E-state index contributed by atoms with van der Waals surface area (Å²) in [5.41, 5.74) is 6.82. The van der Waals surface area contributed by atoms with Gasteiger partial charge in [-0.3, -0.25) is 4.79 Å². The minimum Gasteiger partial charge on any atom is -0.451 e. The Kier molecular flexibility index (Phi) is 4.13. The molecule has 6 heteroatoms. The van der Waals surface area contributed by atoms with Crippen LogP contribution in [0.3, 0.4) is 0 Å². The van der Waals surface area contributed by atoms with E-state index in [9.17, 15) is 4.79 Å². The number of aryl methyl sites for hydroxylation is 3. The number of nitrogens with one attached hydrogen (secondary N) is 1. The fourth-order valence-corrected chi connectivity index (χ4v) is 3.53. The van der Waals surface area contributed by atoms with E-state index in [1.54, 1.807) is 4.80 Å². The van der Waals surface area contributed by atoms with Gasteiger partial charge in [-0.05, 0) is 63.2 Å². The molecule has 3 aromatic carbocycles. The van der Waals surface area contributed by atoms with Gasteiger partial charge in [0.15, 0.2) is 5.76 Å². The zero-order valence-corrected chi connectivity index (χ0v) is 16.9. The molecule has 0 saturated heterocycles. The maximum absolute atomic E-state index is 12.8. The number of carbonyl (C=O) groups excluding carboxylic acids is 1. The Morgan fingerprint density at radius 3 is 2.40 bits per heavy atom. The quantitative estimate of drug-likeness (QED) is 0.446. The molecule has 0 unspecified atom stereocenters. The molecule has 0 spiro atoms. The van der Waals surface area contributed by atoms with Crippen LogP contribution < -0.4 is 5.32 Å². The van der Waals surface area contributed by atoms with Crippen molar-refractivity contribution < 1.29 is 9.21 Å². The largest absolute Gasteiger partial charge is 0.451 e. The van der Waals surface area contributed by atoms with E-state index in [1.807, 2.05) is 81.4 Å². The number of hydrogen-bond acceptors (Lipinski definition) is 4. The van der Waals surface area contributed by atoms with Crippen molar-refractivity contribution in [1.82, 2.24) is 15.0 Å². The number of benzene rings is 3. The van der Waals surface area contributed by atoms with Crippen molar-refractivity contribution in [2.45, 2.75) is 20.8 Å². The molecule has 2 heterocycles. The van der Waals surface area contributed by atoms with Crippen molar-refractivity contribution in [3.8, 4) is 5.69 Å². The zero-order valence-electron chi connectivity index (χ0n) is 16.9. The lowest BCUT2D eigenvalue weighted by Crippen LogP contribution is -2.12. The van der Waals surface area contributed by atoms with E-state index in [0.717, 1.165) is 27.7 Å². The fourth-order valence-electron chi connectivity index (χ4n) is 3.53. The van der Waals surface area contributed by atoms with Gasteiger partial charge in [0.2, 0.25) is 0 Å². The number of carbonyl (C=O) groups is 1. The zero-order chi connectivity index (χ0) is 20.8. The number of rotatable bonds is 3. The summed E-state index contributed by atoms with van der Waals surface area (Å²) in [7, 11) is 0. The first-order valence-corrected chi connectivity index (χ1v) is 9.73. The molecule has 148 valence electrons. The smallest absolute Gasteiger partial charge is 0.291 e. The molecule has 0 fully saturated rings. The van der Waals surface area contributed by atoms with Crippen LogP contribution in [-0.4, -0.2) is 20.9 Å². The molecule has 1 N–H and O–H groups in total. The van der Waals surface area contributed by atoms with Crippen molar-refractivity contribution in [2.75, 3.05) is 5.32 Å². The number of nitrogens with zero attached hydrogens (tertiary/aromatic N) is 3. The lowest BCUT2D eigenvalue weighted by molar-refractivity contribution is 0.0998. The highest BCUT2D eigenvalue weighted by molar-refractivity contribution is 6.07. The Morgan fingerprint density at radius 2 is 1.60 bits per heavy atom. The topological polar surface area (TPSA) is 73.0 Å². The van der Waals surface area contributed by atoms with Crippen molar-refractivity contribution in [3.05, 3.63) is 83.1 Å². The third kappa shape index (κ3) is 3.12. The maximum atomic E-state index is 12.8. The Hall–Kier alpha value is -3.93. The van der Waals surface area contributed by atoms with Crippen molar-refractivity contribution in [3.63, 3.8) is 0 Å². The van der Waals surface area contributed by atoms with Crippen LogP contribution in [0, 0.1) is 20.8 Å². The Morgan fingerprint density at radius 1 is 0.867 bits per heavy atom. The van der Waals surface area contributed by atoms with Crippen LogP contribution >= 0.6 is 0 Å². The molecule has 30 heavy (non-hydrogen) atoms. The van der Waals surface area contributed by atoms with Gasteiger partial charge in [0.05, 0.1) is 5.69 Å². The summed E-state index contributed by atoms with van der Waals surface area (Å²) >= 11 is 0. The highest BCUT2D eigenvalue weighted by Gasteiger charge is 2.18. The van der Waals surface area contributed by atoms with E-state index >= 15 is 0 Å². The van der Waals surface area contributed by atoms with Crippen molar-refractivity contribution >= 4 is 33.6 Å². The Bertz CT molecular complexity index is 1410. The number of fused-ring (bicyclic) bond motifs is 2. The van der Waals surface area contributed by atoms with Crippen LogP contribution in [0.5, 0.6) is 0 Å². The predicted molar refractivity (Wildman–Crippen MR) is 117 cm³/mol. The summed E-state index contributed by atoms with van der Waals surface area (Å²) in [4.78, 5) is 14.4. The molecule has 0 atom stereocenters. The predicted octanol–water partition coefficient (Wildman–Crippen LogP) is 5.34. The lowest BCUT2D eigenvalue weighted by Gasteiger charge is -2.03. The van der Waals surface area contributed by atoms with Crippen LogP contribution in [0.1, 0.15) is 27.2 Å². The molecule has 6 nitrogen and oxygen atoms in total. The number of furan rings is 1. The summed E-state index contributed by atoms with van der Waals surface area (Å²) < 4.78 is 5.80. The first-order valence-electron chi connectivity index (χ1n) is 9.73. The average molecular weight is 396 g/mol. The van der Waals surface area contributed by atoms with Crippen LogP contribution in [0.4, 0.5) is 5.69 Å². The summed E-state index contributed by atoms with van der Waals surface area (Å²) in [6, 6.07) is 19.4. The minimum atomic E-state index is -0.286. The van der Waals surface area contributed by atoms with Gasteiger partial charge in [0.1, 0.15) is 16.6 Å². The third-order valence-corrected chi connectivity index (χ3v) is 5.20. The highest BCUT2D eigenvalue weighted by Crippen LogP contribution is 2.27. The molecule has 0 bridgehead atoms. The SMILES string of the molecule is Cc1ccc(-n2nc3ccc(NC(=O)c4oc5ccc(C)cc5c4C)cc3n2)cc1. The van der Waals surface area contributed by atoms with Gasteiger partial charge in [0, 0.05) is 16.6 Å². The van der Waals surface area contributed by atoms with Crippen LogP contribution in [0.15, 0.2) is 65.1 Å². The molecule has 0 aliphatic rings. The van der Waals surface area contributed by atoms with Gasteiger partial charge >= 0.3 is 0 Å². The number of amides is 1. The first-order chi connectivity index (χ1) is 14.5. The summed E-state index contributed by atoms with van der Waals surface area (Å²) in [6.45, 7) is 5.96. The van der Waals surface area contributed by atoms with Gasteiger partial charge < -0.3 is 9.73 Å². The number of anilines is 1. The molecule has 0 saturated carbocycles. The fraction of sp³-hybridized carbons (Fsp3) is 0.125. The second-order valence-electron chi connectivity index (χ2n) is 7.54. The third-order valence-electron chi connectivity index (χ3n) is 5.20. The van der Waals surface area contributed by atoms with E-state index in [0.29, 0.717) is 22.5 Å². The molecule has 5 rings (SSSR count). The van der Waals surface area contributed by atoms with Gasteiger partial charge in [-0.15, -0.1) is 10.2 Å². The standard InChI is InChI=1S/C24H20N4O2/c1-14-4-8-18(9-5-14)28-26-20-10-7-17(13-21(20)27-28)25-24(29)23-16(3)19-12-15(2)6-11-22(19)30-23/h4-13H,1-3H3,(H,25,29). The van der Waals surface area contributed by atoms with Gasteiger partial charge in [-0.2, -0.15) is 4.80 Å². The Labute approximate surface area is 173 Å². The lowest BCUT2D eigenvalue weighted by atomic mass is 10.1. The monoisotopic (exact) mass is 396 g/mol. The second-order valence-corrected chi connectivity index (χ2v) is 7.54. The Balaban J connectivity index is 1.44. The molecular weight excluding hydrogens is 376 g/mol. The molecular formula is C24H20N4O2. The number of hydrogen-bond donors (Lipinski definition) is 1. The van der Waals surface area contributed by atoms with Gasteiger partial charge in [-0.25, -0.2) is 0 Å². The van der Waals surface area contributed by atoms with Crippen LogP contribution in [-0.2, 0) is 0 Å². The molecule has 5 aromatic rings. The van der Waals surface area contributed by atoms with Gasteiger partial charge in [-0.1, -0.05) is 29.3 Å². The molecule has 1 amide bonds. The number of aromatic nitrogens is 3. The average Bonchev–Trinajstić information content (AvgIpc) is 3.29. The molecule has 0 aliphatic carbocycles. The molecule has 0 radical (unpaired) electrons. The minimum absolute atomic E-state index is 0.286. The summed E-state index contributed by atoms with van der Waals surface area (Å²) in [6.07, 6.45) is 0. The normalized spacial score (nSPS) is 11.3. The van der Waals surface area contributed by atoms with E-state index in [2.05, 4.69) is 15.5 Å². The summed E-state index contributed by atoms with van der Waals surface area (Å²) in [5.74, 6) is 0.0330. The second kappa shape index (κ2) is 6.84. The van der Waals surface area contributed by atoms with Crippen molar-refractivity contribution in [2.24, 2.45) is 0 Å². The van der Waals surface area contributed by atoms with E-state index in [1.165, 1.54) is 5.56 Å². The maximum Gasteiger partial charge on any atom is 0.291 e. The first kappa shape index (κ1) is 18.1. The van der Waals surface area contributed by atoms with Gasteiger partial charge in [0.25, 0.3) is 5.91 Å². The highest BCUT2D eigenvalue weighted by atomic mass is 16.3. The molecule has 0 aliphatic heterocycles.